The van der Waals surface area contributed by atoms with Crippen molar-refractivity contribution in [3.63, 3.8) is 0 Å². The third-order valence-electron chi connectivity index (χ3n) is 4.69. The maximum atomic E-state index is 13.7. The molecule has 0 radical (unpaired) electrons. The fraction of sp³-hybridized carbons (Fsp3) is 0.263. The van der Waals surface area contributed by atoms with Crippen LogP contribution in [0.15, 0.2) is 59.3 Å². The number of furan rings is 1. The summed E-state index contributed by atoms with van der Waals surface area (Å²) in [6.45, 7) is 0.126. The van der Waals surface area contributed by atoms with E-state index in [-0.39, 0.29) is 24.3 Å². The summed E-state index contributed by atoms with van der Waals surface area (Å²) in [5.41, 5.74) is 0.771. The molecule has 2 atom stereocenters. The summed E-state index contributed by atoms with van der Waals surface area (Å²) in [4.78, 5) is 12.5. The number of aromatic nitrogens is 2. The predicted octanol–water partition coefficient (Wildman–Crippen LogP) is 4.07. The lowest BCUT2D eigenvalue weighted by molar-refractivity contribution is -0.173. The van der Waals surface area contributed by atoms with Crippen molar-refractivity contribution in [2.45, 2.75) is 31.2 Å². The van der Waals surface area contributed by atoms with Crippen molar-refractivity contribution in [2.24, 2.45) is 0 Å². The zero-order valence-corrected chi connectivity index (χ0v) is 14.6. The molecule has 1 aliphatic rings. The number of benzene rings is 1. The molecule has 2 N–H and O–H groups in total. The number of amides is 1. The first-order chi connectivity index (χ1) is 13.4. The first kappa shape index (κ1) is 18.1. The van der Waals surface area contributed by atoms with Gasteiger partial charge in [0, 0.05) is 6.42 Å². The Morgan fingerprint density at radius 1 is 1.25 bits per heavy atom. The van der Waals surface area contributed by atoms with Gasteiger partial charge < -0.3 is 15.1 Å². The normalized spacial score (nSPS) is 19.0. The number of anilines is 1. The third kappa shape index (κ3) is 3.47. The van der Waals surface area contributed by atoms with Crippen LogP contribution in [-0.2, 0) is 6.54 Å². The third-order valence-corrected chi connectivity index (χ3v) is 4.69. The minimum absolute atomic E-state index is 0.0550. The number of rotatable bonds is 4. The molecule has 28 heavy (non-hydrogen) atoms. The first-order valence-electron chi connectivity index (χ1n) is 8.70. The van der Waals surface area contributed by atoms with E-state index in [4.69, 9.17) is 4.42 Å². The molecular weight excluding hydrogens is 373 g/mol. The van der Waals surface area contributed by atoms with Crippen molar-refractivity contribution in [1.29, 1.82) is 0 Å². The Morgan fingerprint density at radius 3 is 2.71 bits per heavy atom. The summed E-state index contributed by atoms with van der Waals surface area (Å²) in [6.07, 6.45) is -2.07. The minimum atomic E-state index is -4.49. The van der Waals surface area contributed by atoms with E-state index in [0.717, 1.165) is 10.9 Å². The van der Waals surface area contributed by atoms with Gasteiger partial charge in [-0.2, -0.15) is 18.3 Å². The van der Waals surface area contributed by atoms with E-state index >= 15 is 0 Å². The summed E-state index contributed by atoms with van der Waals surface area (Å²) in [6, 6.07) is 9.81. The summed E-state index contributed by atoms with van der Waals surface area (Å²) in [5.74, 6) is 0.0665. The highest BCUT2D eigenvalue weighted by Crippen LogP contribution is 2.44. The number of carbonyl (C=O) groups is 1. The highest BCUT2D eigenvalue weighted by molar-refractivity contribution is 5.98. The number of hydrogen-bond acceptors (Lipinski definition) is 4. The second-order valence-electron chi connectivity index (χ2n) is 6.51. The van der Waals surface area contributed by atoms with Gasteiger partial charge in [-0.25, -0.2) is 4.68 Å². The molecule has 146 valence electrons. The maximum Gasteiger partial charge on any atom is 0.410 e. The topological polar surface area (TPSA) is 72.1 Å². The van der Waals surface area contributed by atoms with E-state index in [1.807, 2.05) is 0 Å². The molecule has 1 aromatic carbocycles. The summed E-state index contributed by atoms with van der Waals surface area (Å²) in [5, 5.41) is 9.54. The van der Waals surface area contributed by atoms with Crippen molar-refractivity contribution in [3.8, 4) is 0 Å². The van der Waals surface area contributed by atoms with Crippen LogP contribution in [0.1, 0.15) is 40.2 Å². The Bertz CT molecular complexity index is 951. The lowest BCUT2D eigenvalue weighted by Crippen LogP contribution is -2.36. The first-order valence-corrected chi connectivity index (χ1v) is 8.70. The van der Waals surface area contributed by atoms with E-state index in [2.05, 4.69) is 15.7 Å². The van der Waals surface area contributed by atoms with Gasteiger partial charge >= 0.3 is 6.18 Å². The van der Waals surface area contributed by atoms with Gasteiger partial charge in [0.15, 0.2) is 6.04 Å². The lowest BCUT2D eigenvalue weighted by atomic mass is 9.96. The van der Waals surface area contributed by atoms with Gasteiger partial charge in [0.1, 0.15) is 17.1 Å². The molecule has 3 heterocycles. The van der Waals surface area contributed by atoms with E-state index in [1.54, 1.807) is 42.5 Å². The van der Waals surface area contributed by atoms with Gasteiger partial charge in [-0.3, -0.25) is 4.79 Å². The van der Waals surface area contributed by atoms with Crippen molar-refractivity contribution < 1.29 is 22.4 Å². The van der Waals surface area contributed by atoms with Crippen LogP contribution in [0.2, 0.25) is 0 Å². The zero-order chi connectivity index (χ0) is 19.7. The largest absolute Gasteiger partial charge is 0.467 e. The standard InChI is InChI=1S/C19H17F3N4O2/c20-19(21,22)16-9-15(12-5-2-1-3-6-12)25-17-14(11-24-26(16)17)18(27)23-10-13-7-4-8-28-13/h1-8,11,15-16,25H,9-10H2,(H,23,27)/t15-,16-/m0/s1. The summed E-state index contributed by atoms with van der Waals surface area (Å²) >= 11 is 0. The van der Waals surface area contributed by atoms with E-state index in [0.29, 0.717) is 11.3 Å². The van der Waals surface area contributed by atoms with Crippen LogP contribution >= 0.6 is 0 Å². The van der Waals surface area contributed by atoms with Gasteiger partial charge in [0.05, 0.1) is 25.0 Å². The average molecular weight is 390 g/mol. The molecule has 0 spiro atoms. The van der Waals surface area contributed by atoms with E-state index < -0.39 is 24.2 Å². The molecule has 1 aliphatic heterocycles. The molecule has 3 aromatic rings. The van der Waals surface area contributed by atoms with E-state index in [9.17, 15) is 18.0 Å². The number of carbonyl (C=O) groups excluding carboxylic acids is 1. The number of alkyl halides is 3. The average Bonchev–Trinajstić information content (AvgIpc) is 3.35. The number of fused-ring (bicyclic) bond motifs is 1. The molecule has 0 saturated carbocycles. The monoisotopic (exact) mass is 390 g/mol. The molecule has 0 saturated heterocycles. The van der Waals surface area contributed by atoms with Crippen LogP contribution in [0, 0.1) is 0 Å². The predicted molar refractivity (Wildman–Crippen MR) is 94.6 cm³/mol. The van der Waals surface area contributed by atoms with Gasteiger partial charge in [-0.05, 0) is 17.7 Å². The van der Waals surface area contributed by atoms with Crippen molar-refractivity contribution in [1.82, 2.24) is 15.1 Å². The number of nitrogens with zero attached hydrogens (tertiary/aromatic N) is 2. The molecule has 4 rings (SSSR count). The smallest absolute Gasteiger partial charge is 0.410 e. The minimum Gasteiger partial charge on any atom is -0.467 e. The molecule has 6 nitrogen and oxygen atoms in total. The molecule has 2 aromatic heterocycles. The maximum absolute atomic E-state index is 13.7. The number of hydrogen-bond donors (Lipinski definition) is 2. The highest BCUT2D eigenvalue weighted by Gasteiger charge is 2.47. The number of nitrogens with one attached hydrogen (secondary N) is 2. The number of halogens is 3. The molecule has 0 aliphatic carbocycles. The van der Waals surface area contributed by atoms with Crippen LogP contribution in [0.4, 0.5) is 19.0 Å². The molecule has 9 heteroatoms. The van der Waals surface area contributed by atoms with Gasteiger partial charge in [0.2, 0.25) is 0 Å². The molecule has 0 bridgehead atoms. The quantitative estimate of drug-likeness (QED) is 0.705. The fourth-order valence-electron chi connectivity index (χ4n) is 3.31. The van der Waals surface area contributed by atoms with Gasteiger partial charge in [-0.1, -0.05) is 30.3 Å². The van der Waals surface area contributed by atoms with Gasteiger partial charge in [-0.15, -0.1) is 0 Å². The van der Waals surface area contributed by atoms with Crippen molar-refractivity contribution in [2.75, 3.05) is 5.32 Å². The highest BCUT2D eigenvalue weighted by atomic mass is 19.4. The molecule has 0 unspecified atom stereocenters. The van der Waals surface area contributed by atoms with Crippen LogP contribution in [0.25, 0.3) is 0 Å². The Labute approximate surface area is 158 Å². The van der Waals surface area contributed by atoms with Crippen LogP contribution < -0.4 is 10.6 Å². The molecular formula is C19H17F3N4O2. The Balaban J connectivity index is 1.64. The second kappa shape index (κ2) is 7.06. The zero-order valence-electron chi connectivity index (χ0n) is 14.6. The SMILES string of the molecule is O=C(NCc1ccco1)c1cnn2c1N[C@H](c1ccccc1)C[C@H]2C(F)(F)F. The molecule has 1 amide bonds. The Hall–Kier alpha value is -3.23. The summed E-state index contributed by atoms with van der Waals surface area (Å²) in [7, 11) is 0. The Kier molecular flexibility index (Phi) is 4.58. The van der Waals surface area contributed by atoms with Crippen molar-refractivity contribution in [3.05, 3.63) is 71.8 Å². The van der Waals surface area contributed by atoms with Crippen LogP contribution in [0.3, 0.4) is 0 Å². The molecule has 0 fully saturated rings. The van der Waals surface area contributed by atoms with Gasteiger partial charge in [0.25, 0.3) is 5.91 Å². The van der Waals surface area contributed by atoms with Crippen LogP contribution in [-0.4, -0.2) is 21.9 Å². The summed E-state index contributed by atoms with van der Waals surface area (Å²) < 4.78 is 47.0. The second-order valence-corrected chi connectivity index (χ2v) is 6.51. The van der Waals surface area contributed by atoms with Crippen LogP contribution in [0.5, 0.6) is 0 Å². The lowest BCUT2D eigenvalue weighted by Gasteiger charge is -2.34. The Morgan fingerprint density at radius 2 is 2.04 bits per heavy atom. The fourth-order valence-corrected chi connectivity index (χ4v) is 3.31. The van der Waals surface area contributed by atoms with Crippen molar-refractivity contribution >= 4 is 11.7 Å². The van der Waals surface area contributed by atoms with E-state index in [1.165, 1.54) is 6.26 Å².